The molecule has 9 heteroatoms. The van der Waals surface area contributed by atoms with Crippen molar-refractivity contribution in [3.8, 4) is 0 Å². The molecule has 33 heavy (non-hydrogen) atoms. The van der Waals surface area contributed by atoms with Crippen LogP contribution in [0.25, 0.3) is 11.0 Å². The highest BCUT2D eigenvalue weighted by Gasteiger charge is 2.23. The van der Waals surface area contributed by atoms with E-state index in [1.165, 1.54) is 12.1 Å². The molecule has 0 saturated carbocycles. The van der Waals surface area contributed by atoms with E-state index in [9.17, 15) is 13.9 Å². The van der Waals surface area contributed by atoms with Gasteiger partial charge < -0.3 is 15.3 Å². The molecule has 1 aliphatic heterocycles. The minimum absolute atomic E-state index is 0.181. The summed E-state index contributed by atoms with van der Waals surface area (Å²) in [5, 5.41) is 13.1. The SMILES string of the molecule is CC(O)Cc1cc2nc(N3CCN(Cc4ccc(F)cc4F)CC3)c(NC(C)C)nc2cn1. The number of hydrogen-bond acceptors (Lipinski definition) is 7. The number of halogens is 2. The van der Waals surface area contributed by atoms with Crippen molar-refractivity contribution in [3.63, 3.8) is 0 Å². The van der Waals surface area contributed by atoms with Crippen molar-refractivity contribution < 1.29 is 13.9 Å². The Kier molecular flexibility index (Phi) is 6.99. The summed E-state index contributed by atoms with van der Waals surface area (Å²) >= 11 is 0. The molecule has 2 N–H and O–H groups in total. The van der Waals surface area contributed by atoms with Crippen molar-refractivity contribution in [3.05, 3.63) is 53.4 Å². The lowest BCUT2D eigenvalue weighted by Gasteiger charge is -2.36. The topological polar surface area (TPSA) is 77.4 Å². The number of hydrogen-bond donors (Lipinski definition) is 2. The second kappa shape index (κ2) is 9.93. The molecule has 1 unspecified atom stereocenters. The lowest BCUT2D eigenvalue weighted by molar-refractivity contribution is 0.194. The quantitative estimate of drug-likeness (QED) is 0.565. The summed E-state index contributed by atoms with van der Waals surface area (Å²) in [5.74, 6) is 0.411. The summed E-state index contributed by atoms with van der Waals surface area (Å²) in [6.45, 7) is 9.14. The number of aromatic nitrogens is 3. The van der Waals surface area contributed by atoms with Crippen molar-refractivity contribution >= 4 is 22.7 Å². The summed E-state index contributed by atoms with van der Waals surface area (Å²) in [6, 6.07) is 5.80. The summed E-state index contributed by atoms with van der Waals surface area (Å²) in [5.41, 5.74) is 2.70. The standard InChI is InChI=1S/C24H30F2N6O/c1-15(2)28-23-24(30-21-12-19(10-16(3)33)27-13-22(21)29-23)32-8-6-31(7-9-32)14-17-4-5-18(25)11-20(17)26/h4-5,11-13,15-16,33H,6-10,14H2,1-3H3,(H,28,29). The molecule has 4 rings (SSSR count). The fourth-order valence-electron chi connectivity index (χ4n) is 4.01. The molecule has 0 bridgehead atoms. The first-order valence-electron chi connectivity index (χ1n) is 11.3. The second-order valence-electron chi connectivity index (χ2n) is 8.91. The Morgan fingerprint density at radius 1 is 1.03 bits per heavy atom. The van der Waals surface area contributed by atoms with E-state index < -0.39 is 17.7 Å². The van der Waals surface area contributed by atoms with Crippen LogP contribution >= 0.6 is 0 Å². The maximum Gasteiger partial charge on any atom is 0.172 e. The Labute approximate surface area is 192 Å². The van der Waals surface area contributed by atoms with Crippen LogP contribution < -0.4 is 10.2 Å². The first kappa shape index (κ1) is 23.3. The number of aliphatic hydroxyl groups is 1. The molecule has 1 aromatic carbocycles. The van der Waals surface area contributed by atoms with Crippen LogP contribution in [0.3, 0.4) is 0 Å². The Morgan fingerprint density at radius 3 is 2.45 bits per heavy atom. The fourth-order valence-corrected chi connectivity index (χ4v) is 4.01. The van der Waals surface area contributed by atoms with E-state index in [-0.39, 0.29) is 6.04 Å². The zero-order chi connectivity index (χ0) is 23.5. The molecule has 1 saturated heterocycles. The Morgan fingerprint density at radius 2 is 1.79 bits per heavy atom. The molecule has 2 aromatic heterocycles. The number of pyridine rings is 1. The van der Waals surface area contributed by atoms with Crippen molar-refractivity contribution in [2.75, 3.05) is 36.4 Å². The van der Waals surface area contributed by atoms with Crippen LogP contribution in [0.1, 0.15) is 32.0 Å². The molecule has 3 aromatic rings. The van der Waals surface area contributed by atoms with Crippen LogP contribution in [0.4, 0.5) is 20.4 Å². The molecule has 0 radical (unpaired) electrons. The van der Waals surface area contributed by atoms with Gasteiger partial charge in [0.15, 0.2) is 11.6 Å². The van der Waals surface area contributed by atoms with Crippen LogP contribution in [0.2, 0.25) is 0 Å². The highest BCUT2D eigenvalue weighted by atomic mass is 19.1. The smallest absolute Gasteiger partial charge is 0.172 e. The van der Waals surface area contributed by atoms with Gasteiger partial charge in [-0.05, 0) is 32.9 Å². The van der Waals surface area contributed by atoms with Crippen molar-refractivity contribution in [1.82, 2.24) is 19.9 Å². The highest BCUT2D eigenvalue weighted by molar-refractivity contribution is 5.80. The average Bonchev–Trinajstić information content (AvgIpc) is 2.75. The molecule has 0 amide bonds. The zero-order valence-corrected chi connectivity index (χ0v) is 19.2. The third kappa shape index (κ3) is 5.72. The number of nitrogens with one attached hydrogen (secondary N) is 1. The summed E-state index contributed by atoms with van der Waals surface area (Å²) < 4.78 is 27.3. The minimum atomic E-state index is -0.562. The minimum Gasteiger partial charge on any atom is -0.393 e. The first-order valence-corrected chi connectivity index (χ1v) is 11.3. The molecule has 176 valence electrons. The highest BCUT2D eigenvalue weighted by Crippen LogP contribution is 2.27. The number of nitrogens with zero attached hydrogens (tertiary/aromatic N) is 5. The van der Waals surface area contributed by atoms with Gasteiger partial charge in [-0.25, -0.2) is 18.7 Å². The van der Waals surface area contributed by atoms with Crippen LogP contribution in [0.5, 0.6) is 0 Å². The Bertz CT molecular complexity index is 1120. The van der Waals surface area contributed by atoms with Gasteiger partial charge in [0.05, 0.1) is 17.8 Å². The van der Waals surface area contributed by atoms with Gasteiger partial charge >= 0.3 is 0 Å². The third-order valence-corrected chi connectivity index (χ3v) is 5.60. The van der Waals surface area contributed by atoms with E-state index in [1.807, 2.05) is 6.07 Å². The predicted molar refractivity (Wildman–Crippen MR) is 125 cm³/mol. The molecule has 0 aliphatic carbocycles. The van der Waals surface area contributed by atoms with Gasteiger partial charge in [-0.1, -0.05) is 6.07 Å². The lowest BCUT2D eigenvalue weighted by Crippen LogP contribution is -2.46. The molecular formula is C24H30F2N6O. The number of fused-ring (bicyclic) bond motifs is 1. The van der Waals surface area contributed by atoms with Gasteiger partial charge in [0.2, 0.25) is 0 Å². The molecule has 1 aliphatic rings. The summed E-state index contributed by atoms with van der Waals surface area (Å²) in [4.78, 5) is 18.4. The molecule has 3 heterocycles. The van der Waals surface area contributed by atoms with E-state index in [0.717, 1.165) is 36.2 Å². The zero-order valence-electron chi connectivity index (χ0n) is 19.2. The Balaban J connectivity index is 1.54. The van der Waals surface area contributed by atoms with E-state index in [2.05, 4.69) is 33.9 Å². The normalized spacial score (nSPS) is 15.9. The number of aliphatic hydroxyl groups excluding tert-OH is 1. The lowest BCUT2D eigenvalue weighted by atomic mass is 10.1. The molecule has 7 nitrogen and oxygen atoms in total. The van der Waals surface area contributed by atoms with E-state index in [1.54, 1.807) is 13.1 Å². The number of rotatable bonds is 7. The van der Waals surface area contributed by atoms with E-state index in [0.29, 0.717) is 43.0 Å². The van der Waals surface area contributed by atoms with E-state index >= 15 is 0 Å². The number of anilines is 2. The van der Waals surface area contributed by atoms with Gasteiger partial charge in [-0.2, -0.15) is 0 Å². The molecule has 1 atom stereocenters. The van der Waals surface area contributed by atoms with Gasteiger partial charge in [0.25, 0.3) is 0 Å². The average molecular weight is 457 g/mol. The third-order valence-electron chi connectivity index (χ3n) is 5.60. The second-order valence-corrected chi connectivity index (χ2v) is 8.91. The van der Waals surface area contributed by atoms with E-state index in [4.69, 9.17) is 9.97 Å². The number of piperazine rings is 1. The van der Waals surface area contributed by atoms with Crippen molar-refractivity contribution in [1.29, 1.82) is 0 Å². The largest absolute Gasteiger partial charge is 0.393 e. The van der Waals surface area contributed by atoms with Gasteiger partial charge in [0, 0.05) is 62.5 Å². The molecule has 0 spiro atoms. The van der Waals surface area contributed by atoms with Crippen molar-refractivity contribution in [2.45, 2.75) is 45.9 Å². The summed E-state index contributed by atoms with van der Waals surface area (Å²) in [7, 11) is 0. The van der Waals surface area contributed by atoms with Gasteiger partial charge in [-0.15, -0.1) is 0 Å². The molecular weight excluding hydrogens is 426 g/mol. The van der Waals surface area contributed by atoms with Gasteiger partial charge in [-0.3, -0.25) is 9.88 Å². The van der Waals surface area contributed by atoms with Crippen LogP contribution in [0.15, 0.2) is 30.5 Å². The summed E-state index contributed by atoms with van der Waals surface area (Å²) in [6.07, 6.45) is 1.67. The van der Waals surface area contributed by atoms with Crippen LogP contribution in [-0.2, 0) is 13.0 Å². The maximum absolute atomic E-state index is 14.1. The molecule has 1 fully saturated rings. The first-order chi connectivity index (χ1) is 15.8. The number of benzene rings is 1. The predicted octanol–water partition coefficient (Wildman–Crippen LogP) is 3.37. The maximum atomic E-state index is 14.1. The van der Waals surface area contributed by atoms with Crippen molar-refractivity contribution in [2.24, 2.45) is 0 Å². The van der Waals surface area contributed by atoms with Gasteiger partial charge in [0.1, 0.15) is 17.2 Å². The van der Waals surface area contributed by atoms with Crippen LogP contribution in [-0.4, -0.2) is 63.3 Å². The monoisotopic (exact) mass is 456 g/mol. The Hall–Kier alpha value is -2.91. The van der Waals surface area contributed by atoms with Crippen LogP contribution in [0, 0.1) is 11.6 Å². The fraction of sp³-hybridized carbons (Fsp3) is 0.458.